The zero-order valence-electron chi connectivity index (χ0n) is 11.3. The number of hydrogen-bond acceptors (Lipinski definition) is 4. The number of carbonyl (C=O) groups is 1. The summed E-state index contributed by atoms with van der Waals surface area (Å²) >= 11 is 0. The van der Waals surface area contributed by atoms with Crippen molar-refractivity contribution in [2.24, 2.45) is 5.73 Å². The molecule has 0 aromatic heterocycles. The Morgan fingerprint density at radius 3 is 2.67 bits per heavy atom. The molecule has 1 heterocycles. The minimum Gasteiger partial charge on any atom is -0.339 e. The van der Waals surface area contributed by atoms with Crippen molar-refractivity contribution >= 4 is 15.7 Å². The van der Waals surface area contributed by atoms with Crippen molar-refractivity contribution in [1.29, 1.82) is 0 Å². The van der Waals surface area contributed by atoms with Crippen LogP contribution in [-0.4, -0.2) is 49.9 Å². The Hall–Kier alpha value is -0.620. The lowest BCUT2D eigenvalue weighted by Crippen LogP contribution is -2.48. The molecule has 0 aliphatic carbocycles. The Labute approximate surface area is 110 Å². The fraction of sp³-hybridized carbons (Fsp3) is 0.917. The zero-order valence-corrected chi connectivity index (χ0v) is 12.1. The van der Waals surface area contributed by atoms with Gasteiger partial charge in [-0.25, -0.2) is 8.42 Å². The summed E-state index contributed by atoms with van der Waals surface area (Å²) in [6, 6.07) is -0.482. The van der Waals surface area contributed by atoms with Gasteiger partial charge in [0, 0.05) is 18.8 Å². The number of hydrogen-bond donors (Lipinski definition) is 1. The Kier molecular flexibility index (Phi) is 5.59. The van der Waals surface area contributed by atoms with E-state index in [1.54, 1.807) is 0 Å². The van der Waals surface area contributed by atoms with Crippen LogP contribution in [0.4, 0.5) is 0 Å². The molecule has 2 N–H and O–H groups in total. The lowest BCUT2D eigenvalue weighted by Gasteiger charge is -2.29. The number of amides is 1. The van der Waals surface area contributed by atoms with Crippen molar-refractivity contribution in [3.05, 3.63) is 0 Å². The van der Waals surface area contributed by atoms with Crippen LogP contribution in [0.2, 0.25) is 0 Å². The fourth-order valence-electron chi connectivity index (χ4n) is 2.28. The molecule has 0 radical (unpaired) electrons. The van der Waals surface area contributed by atoms with E-state index in [2.05, 4.69) is 0 Å². The van der Waals surface area contributed by atoms with Crippen LogP contribution in [0.25, 0.3) is 0 Å². The van der Waals surface area contributed by atoms with Crippen molar-refractivity contribution in [2.45, 2.75) is 51.1 Å². The molecule has 1 fully saturated rings. The Balaban J connectivity index is 2.56. The van der Waals surface area contributed by atoms with Crippen LogP contribution < -0.4 is 5.73 Å². The van der Waals surface area contributed by atoms with E-state index in [1.165, 1.54) is 6.26 Å². The highest BCUT2D eigenvalue weighted by Crippen LogP contribution is 2.17. The Morgan fingerprint density at radius 2 is 2.06 bits per heavy atom. The van der Waals surface area contributed by atoms with Crippen LogP contribution in [0, 0.1) is 0 Å². The molecule has 106 valence electrons. The van der Waals surface area contributed by atoms with Gasteiger partial charge >= 0.3 is 0 Å². The summed E-state index contributed by atoms with van der Waals surface area (Å²) < 4.78 is 22.1. The highest BCUT2D eigenvalue weighted by molar-refractivity contribution is 7.90. The predicted molar refractivity (Wildman–Crippen MR) is 71.9 cm³/mol. The van der Waals surface area contributed by atoms with Crippen LogP contribution >= 0.6 is 0 Å². The molecular formula is C12H24N2O3S. The molecule has 1 amide bonds. The molecule has 0 aromatic rings. The molecule has 0 bridgehead atoms. The number of sulfone groups is 1. The topological polar surface area (TPSA) is 80.5 Å². The summed E-state index contributed by atoms with van der Waals surface area (Å²) in [7, 11) is -3.05. The molecule has 0 saturated carbocycles. The van der Waals surface area contributed by atoms with Gasteiger partial charge in [0.1, 0.15) is 9.84 Å². The Morgan fingerprint density at radius 1 is 1.39 bits per heavy atom. The molecule has 2 unspecified atom stereocenters. The second-order valence-electron chi connectivity index (χ2n) is 5.26. The van der Waals surface area contributed by atoms with Gasteiger partial charge in [0.15, 0.2) is 0 Å². The van der Waals surface area contributed by atoms with Crippen LogP contribution in [0.3, 0.4) is 0 Å². The quantitative estimate of drug-likeness (QED) is 0.812. The van der Waals surface area contributed by atoms with Gasteiger partial charge in [-0.2, -0.15) is 0 Å². The molecule has 1 aliphatic rings. The number of nitrogens with zero attached hydrogens (tertiary/aromatic N) is 1. The minimum atomic E-state index is -3.05. The van der Waals surface area contributed by atoms with E-state index < -0.39 is 15.9 Å². The normalized spacial score (nSPS) is 23.5. The van der Waals surface area contributed by atoms with E-state index >= 15 is 0 Å². The monoisotopic (exact) mass is 276 g/mol. The smallest absolute Gasteiger partial charge is 0.239 e. The van der Waals surface area contributed by atoms with E-state index in [4.69, 9.17) is 5.73 Å². The lowest BCUT2D eigenvalue weighted by atomic mass is 10.1. The second kappa shape index (κ2) is 6.52. The zero-order chi connectivity index (χ0) is 13.8. The first-order chi connectivity index (χ1) is 8.31. The molecule has 5 nitrogen and oxygen atoms in total. The van der Waals surface area contributed by atoms with Crippen LogP contribution in [0.1, 0.15) is 39.0 Å². The van der Waals surface area contributed by atoms with Gasteiger partial charge < -0.3 is 10.6 Å². The molecule has 1 aliphatic heterocycles. The van der Waals surface area contributed by atoms with E-state index in [-0.39, 0.29) is 24.1 Å². The highest BCUT2D eigenvalue weighted by atomic mass is 32.2. The number of carbonyl (C=O) groups excluding carboxylic acids is 1. The molecular weight excluding hydrogens is 252 g/mol. The van der Waals surface area contributed by atoms with Crippen molar-refractivity contribution < 1.29 is 13.2 Å². The SMILES string of the molecule is CC1CCCCCN1C(=O)C(N)CCS(C)(=O)=O. The van der Waals surface area contributed by atoms with Crippen LogP contribution in [0.5, 0.6) is 0 Å². The van der Waals surface area contributed by atoms with Crippen molar-refractivity contribution in [1.82, 2.24) is 4.90 Å². The lowest BCUT2D eigenvalue weighted by molar-refractivity contribution is -0.134. The first-order valence-electron chi connectivity index (χ1n) is 6.55. The van der Waals surface area contributed by atoms with E-state index in [9.17, 15) is 13.2 Å². The number of nitrogens with two attached hydrogens (primary N) is 1. The Bertz CT molecular complexity index is 381. The predicted octanol–water partition coefficient (Wildman–Crippen LogP) is 0.540. The first-order valence-corrected chi connectivity index (χ1v) is 8.61. The van der Waals surface area contributed by atoms with Gasteiger partial charge in [0.05, 0.1) is 11.8 Å². The summed E-state index contributed by atoms with van der Waals surface area (Å²) in [6.07, 6.45) is 5.68. The summed E-state index contributed by atoms with van der Waals surface area (Å²) in [5.74, 6) is -0.129. The maximum absolute atomic E-state index is 12.2. The standard InChI is InChI=1S/C12H24N2O3S/c1-10-6-4-3-5-8-14(10)12(15)11(13)7-9-18(2,16)17/h10-11H,3-9,13H2,1-2H3. The average Bonchev–Trinajstić information content (AvgIpc) is 2.49. The summed E-state index contributed by atoms with van der Waals surface area (Å²) in [6.45, 7) is 2.78. The largest absolute Gasteiger partial charge is 0.339 e. The third-order valence-corrected chi connectivity index (χ3v) is 4.43. The second-order valence-corrected chi connectivity index (χ2v) is 7.51. The van der Waals surface area contributed by atoms with Gasteiger partial charge in [-0.1, -0.05) is 12.8 Å². The van der Waals surface area contributed by atoms with Gasteiger partial charge in [-0.15, -0.1) is 0 Å². The van der Waals surface area contributed by atoms with E-state index in [1.807, 2.05) is 11.8 Å². The molecule has 1 rings (SSSR count). The summed E-state index contributed by atoms with van der Waals surface area (Å²) in [4.78, 5) is 14.0. The third-order valence-electron chi connectivity index (χ3n) is 3.45. The molecule has 2 atom stereocenters. The summed E-state index contributed by atoms with van der Waals surface area (Å²) in [5, 5.41) is 0. The minimum absolute atomic E-state index is 0.0257. The molecule has 1 saturated heterocycles. The van der Waals surface area contributed by atoms with Crippen molar-refractivity contribution in [2.75, 3.05) is 18.6 Å². The highest BCUT2D eigenvalue weighted by Gasteiger charge is 2.26. The van der Waals surface area contributed by atoms with Crippen LogP contribution in [-0.2, 0) is 14.6 Å². The van der Waals surface area contributed by atoms with Gasteiger partial charge in [-0.3, -0.25) is 4.79 Å². The molecule has 18 heavy (non-hydrogen) atoms. The van der Waals surface area contributed by atoms with E-state index in [0.717, 1.165) is 32.2 Å². The molecule has 0 spiro atoms. The van der Waals surface area contributed by atoms with Gasteiger partial charge in [-0.05, 0) is 26.2 Å². The first kappa shape index (κ1) is 15.4. The van der Waals surface area contributed by atoms with E-state index in [0.29, 0.717) is 0 Å². The van der Waals surface area contributed by atoms with Gasteiger partial charge in [0.25, 0.3) is 0 Å². The third kappa shape index (κ3) is 4.94. The average molecular weight is 276 g/mol. The number of rotatable bonds is 4. The molecule has 6 heteroatoms. The maximum atomic E-state index is 12.2. The summed E-state index contributed by atoms with van der Waals surface area (Å²) in [5.41, 5.74) is 5.81. The van der Waals surface area contributed by atoms with Gasteiger partial charge in [0.2, 0.25) is 5.91 Å². The number of likely N-dealkylation sites (tertiary alicyclic amines) is 1. The maximum Gasteiger partial charge on any atom is 0.239 e. The van der Waals surface area contributed by atoms with Crippen molar-refractivity contribution in [3.63, 3.8) is 0 Å². The van der Waals surface area contributed by atoms with Crippen LogP contribution in [0.15, 0.2) is 0 Å². The fourth-order valence-corrected chi connectivity index (χ4v) is 2.96. The van der Waals surface area contributed by atoms with Crippen molar-refractivity contribution in [3.8, 4) is 0 Å². The molecule has 0 aromatic carbocycles.